The molecule has 1 heterocycles. The van der Waals surface area contributed by atoms with Gasteiger partial charge >= 0.3 is 6.03 Å². The molecule has 0 radical (unpaired) electrons. The first-order valence-electron chi connectivity index (χ1n) is 11.8. The Hall–Kier alpha value is -3.39. The Kier molecular flexibility index (Phi) is 7.47. The van der Waals surface area contributed by atoms with E-state index in [1.165, 1.54) is 37.7 Å². The molecule has 0 bridgehead atoms. The minimum atomic E-state index is -1.90. The van der Waals surface area contributed by atoms with E-state index in [9.17, 15) is 14.4 Å². The highest BCUT2D eigenvalue weighted by Gasteiger charge is 2.52. The highest BCUT2D eigenvalue weighted by molar-refractivity contribution is 6.21. The molecule has 0 atom stereocenters. The van der Waals surface area contributed by atoms with Crippen molar-refractivity contribution in [3.05, 3.63) is 54.1 Å². The average Bonchev–Trinajstić information content (AvgIpc) is 2.84. The molecule has 4 rings (SSSR count). The van der Waals surface area contributed by atoms with Crippen LogP contribution >= 0.6 is 0 Å². The first-order chi connectivity index (χ1) is 16.5. The van der Waals surface area contributed by atoms with Crippen molar-refractivity contribution < 1.29 is 28.6 Å². The van der Waals surface area contributed by atoms with Crippen molar-refractivity contribution in [3.63, 3.8) is 0 Å². The smallest absolute Gasteiger partial charge is 0.328 e. The van der Waals surface area contributed by atoms with Crippen LogP contribution in [-0.2, 0) is 14.3 Å². The second kappa shape index (κ2) is 10.7. The fourth-order valence-electron chi connectivity index (χ4n) is 4.43. The summed E-state index contributed by atoms with van der Waals surface area (Å²) in [5.41, 5.74) is -0.545. The van der Waals surface area contributed by atoms with E-state index in [1.54, 1.807) is 31.2 Å². The molecule has 8 nitrogen and oxygen atoms in total. The molecule has 2 aromatic carbocycles. The molecular weight excluding hydrogens is 436 g/mol. The normalized spacial score (nSPS) is 18.2. The van der Waals surface area contributed by atoms with E-state index in [2.05, 4.69) is 22.8 Å². The quantitative estimate of drug-likeness (QED) is 0.418. The van der Waals surface area contributed by atoms with Crippen molar-refractivity contribution in [3.8, 4) is 17.2 Å². The van der Waals surface area contributed by atoms with E-state index in [-0.39, 0.29) is 18.8 Å². The lowest BCUT2D eigenvalue weighted by atomic mass is 9.84. The number of rotatable bonds is 9. The summed E-state index contributed by atoms with van der Waals surface area (Å²) in [6, 6.07) is 14.0. The van der Waals surface area contributed by atoms with E-state index in [1.807, 2.05) is 12.1 Å². The molecule has 8 heteroatoms. The first kappa shape index (κ1) is 23.8. The van der Waals surface area contributed by atoms with Crippen LogP contribution in [0.15, 0.2) is 48.5 Å². The Morgan fingerprint density at radius 1 is 0.824 bits per heavy atom. The van der Waals surface area contributed by atoms with Gasteiger partial charge in [-0.3, -0.25) is 20.2 Å². The molecule has 0 spiro atoms. The minimum Gasteiger partial charge on any atom is -0.467 e. The summed E-state index contributed by atoms with van der Waals surface area (Å²) in [7, 11) is 0. The van der Waals surface area contributed by atoms with Crippen molar-refractivity contribution in [1.29, 1.82) is 0 Å². The summed E-state index contributed by atoms with van der Waals surface area (Å²) in [5.74, 6) is 0.605. The third kappa shape index (κ3) is 5.39. The van der Waals surface area contributed by atoms with Gasteiger partial charge in [0.25, 0.3) is 17.4 Å². The summed E-state index contributed by atoms with van der Waals surface area (Å²) in [6.07, 6.45) is 6.37. The molecule has 0 unspecified atom stereocenters. The van der Waals surface area contributed by atoms with Crippen LogP contribution in [0, 0.1) is 0 Å². The number of ether oxygens (including phenoxy) is 3. The number of urea groups is 1. The van der Waals surface area contributed by atoms with Crippen molar-refractivity contribution in [2.75, 3.05) is 13.2 Å². The zero-order valence-electron chi connectivity index (χ0n) is 19.3. The predicted octanol–water partition coefficient (Wildman–Crippen LogP) is 4.44. The van der Waals surface area contributed by atoms with Gasteiger partial charge in [0.1, 0.15) is 17.2 Å². The van der Waals surface area contributed by atoms with Gasteiger partial charge < -0.3 is 14.2 Å². The zero-order valence-corrected chi connectivity index (χ0v) is 19.3. The molecule has 1 aliphatic carbocycles. The monoisotopic (exact) mass is 466 g/mol. The maximum absolute atomic E-state index is 12.6. The molecule has 1 saturated carbocycles. The van der Waals surface area contributed by atoms with E-state index in [0.717, 1.165) is 5.75 Å². The first-order valence-corrected chi connectivity index (χ1v) is 11.8. The highest BCUT2D eigenvalue weighted by atomic mass is 16.5. The SMILES string of the molecule is CCOCCC1(Oc2ccc(Oc3ccc(C4CCCCC4)cc3)cc2)C(=O)NC(=O)NC1=O. The molecule has 34 heavy (non-hydrogen) atoms. The molecule has 2 N–H and O–H groups in total. The summed E-state index contributed by atoms with van der Waals surface area (Å²) >= 11 is 0. The maximum atomic E-state index is 12.6. The summed E-state index contributed by atoms with van der Waals surface area (Å²) in [5, 5.41) is 4.21. The summed E-state index contributed by atoms with van der Waals surface area (Å²) < 4.78 is 17.1. The molecular formula is C26H30N2O6. The zero-order chi connectivity index (χ0) is 24.0. The van der Waals surface area contributed by atoms with Crippen LogP contribution in [0.1, 0.15) is 56.9 Å². The van der Waals surface area contributed by atoms with E-state index in [4.69, 9.17) is 14.2 Å². The topological polar surface area (TPSA) is 103 Å². The number of hydrogen-bond donors (Lipinski definition) is 2. The number of nitrogens with one attached hydrogen (secondary N) is 2. The van der Waals surface area contributed by atoms with Gasteiger partial charge in [-0.2, -0.15) is 0 Å². The Morgan fingerprint density at radius 3 is 1.97 bits per heavy atom. The van der Waals surface area contributed by atoms with Crippen LogP contribution in [0.25, 0.3) is 0 Å². The fraction of sp³-hybridized carbons (Fsp3) is 0.423. The third-order valence-corrected chi connectivity index (χ3v) is 6.30. The molecule has 2 aliphatic rings. The lowest BCUT2D eigenvalue weighted by molar-refractivity contribution is -0.153. The summed E-state index contributed by atoms with van der Waals surface area (Å²) in [6.45, 7) is 2.34. The van der Waals surface area contributed by atoms with Gasteiger partial charge in [-0.05, 0) is 67.6 Å². The second-order valence-corrected chi connectivity index (χ2v) is 8.59. The van der Waals surface area contributed by atoms with Crippen molar-refractivity contribution in [2.45, 2.75) is 57.0 Å². The van der Waals surface area contributed by atoms with Crippen LogP contribution < -0.4 is 20.1 Å². The van der Waals surface area contributed by atoms with Gasteiger partial charge in [-0.25, -0.2) is 4.79 Å². The lowest BCUT2D eigenvalue weighted by Gasteiger charge is -2.34. The van der Waals surface area contributed by atoms with Crippen molar-refractivity contribution in [2.24, 2.45) is 0 Å². The Balaban J connectivity index is 1.43. The Labute approximate surface area is 199 Å². The van der Waals surface area contributed by atoms with E-state index >= 15 is 0 Å². The Morgan fingerprint density at radius 2 is 1.38 bits per heavy atom. The van der Waals surface area contributed by atoms with Gasteiger partial charge in [0.05, 0.1) is 6.61 Å². The average molecular weight is 467 g/mol. The van der Waals surface area contributed by atoms with Crippen molar-refractivity contribution >= 4 is 17.8 Å². The van der Waals surface area contributed by atoms with Crippen LogP contribution in [0.5, 0.6) is 17.2 Å². The summed E-state index contributed by atoms with van der Waals surface area (Å²) in [4.78, 5) is 36.7. The highest BCUT2D eigenvalue weighted by Crippen LogP contribution is 2.34. The van der Waals surface area contributed by atoms with E-state index < -0.39 is 23.4 Å². The molecule has 2 fully saturated rings. The van der Waals surface area contributed by atoms with Gasteiger partial charge in [0, 0.05) is 13.0 Å². The standard InChI is InChI=1S/C26H30N2O6/c1-2-32-17-16-26(23(29)27-25(31)28-24(26)30)34-22-14-12-21(13-15-22)33-20-10-8-19(9-11-20)18-6-4-3-5-7-18/h8-15,18H,2-7,16-17H2,1H3,(H2,27,28,29,30,31). The van der Waals surface area contributed by atoms with Gasteiger partial charge in [-0.15, -0.1) is 0 Å². The van der Waals surface area contributed by atoms with Crippen LogP contribution in [0.2, 0.25) is 0 Å². The number of carbonyl (C=O) groups is 3. The van der Waals surface area contributed by atoms with Gasteiger partial charge in [-0.1, -0.05) is 31.4 Å². The van der Waals surface area contributed by atoms with Gasteiger partial charge in [0.15, 0.2) is 0 Å². The number of carbonyl (C=O) groups excluding carboxylic acids is 3. The molecule has 0 aromatic heterocycles. The molecule has 180 valence electrons. The molecule has 4 amide bonds. The number of barbiturate groups is 1. The minimum absolute atomic E-state index is 0.0443. The largest absolute Gasteiger partial charge is 0.467 e. The maximum Gasteiger partial charge on any atom is 0.328 e. The van der Waals surface area contributed by atoms with Gasteiger partial charge in [0.2, 0.25) is 0 Å². The predicted molar refractivity (Wildman–Crippen MR) is 125 cm³/mol. The third-order valence-electron chi connectivity index (χ3n) is 6.30. The number of imide groups is 2. The van der Waals surface area contributed by atoms with Crippen LogP contribution in [-0.4, -0.2) is 36.7 Å². The number of benzene rings is 2. The molecule has 2 aromatic rings. The van der Waals surface area contributed by atoms with Crippen LogP contribution in [0.4, 0.5) is 4.79 Å². The number of amides is 4. The fourth-order valence-corrected chi connectivity index (χ4v) is 4.43. The molecule has 1 aliphatic heterocycles. The van der Waals surface area contributed by atoms with Crippen LogP contribution in [0.3, 0.4) is 0 Å². The van der Waals surface area contributed by atoms with Crippen molar-refractivity contribution in [1.82, 2.24) is 10.6 Å². The number of hydrogen-bond acceptors (Lipinski definition) is 6. The van der Waals surface area contributed by atoms with E-state index in [0.29, 0.717) is 18.3 Å². The second-order valence-electron chi connectivity index (χ2n) is 8.59. The Bertz CT molecular complexity index is 993. The molecule has 1 saturated heterocycles. The lowest BCUT2D eigenvalue weighted by Crippen LogP contribution is -2.69.